The van der Waals surface area contributed by atoms with E-state index >= 15 is 0 Å². The maximum absolute atomic E-state index is 12.4. The molecule has 0 radical (unpaired) electrons. The number of carbonyl (C=O) groups is 3. The zero-order chi connectivity index (χ0) is 30.3. The molecule has 0 saturated carbocycles. The lowest BCUT2D eigenvalue weighted by Gasteiger charge is -2.28. The number of Topliss-reactive ketones (excluding diaryl/α,β-unsaturated/α-hetero) is 1. The Hall–Kier alpha value is -2.21. The fraction of sp³-hybridized carbons (Fsp3) is 0.735. The normalized spacial score (nSPS) is 12.7. The second kappa shape index (κ2) is 22.5. The molecule has 0 fully saturated rings. The van der Waals surface area contributed by atoms with E-state index < -0.39 is 16.9 Å². The average molecular weight is 561 g/mol. The van der Waals surface area contributed by atoms with E-state index in [2.05, 4.69) is 6.92 Å². The first-order chi connectivity index (χ1) is 19.0. The number of esters is 1. The van der Waals surface area contributed by atoms with Crippen molar-refractivity contribution in [1.29, 1.82) is 0 Å². The zero-order valence-electron chi connectivity index (χ0n) is 26.4. The van der Waals surface area contributed by atoms with Crippen LogP contribution in [0.15, 0.2) is 30.3 Å². The number of primary amides is 1. The Morgan fingerprint density at radius 1 is 0.725 bits per heavy atom. The van der Waals surface area contributed by atoms with E-state index in [-0.39, 0.29) is 11.8 Å². The standard InChI is InChI=1S/C27H45NO2.C7H15NO2/c1-3-4-5-6-7-8-9-10-11-12-13-14-15-19-22-27(24(2)29,26(28)30)23-25-20-17-16-18-21-25;1-4-5-10-6(9)7(2,3)8/h16-18,20-21H,3-15,19,22-23H2,1-2H3,(H2,28,30);4-5,8H2,1-3H3. The number of hydrogen-bond acceptors (Lipinski definition) is 5. The van der Waals surface area contributed by atoms with E-state index in [0.29, 0.717) is 19.4 Å². The van der Waals surface area contributed by atoms with Crippen LogP contribution in [0.4, 0.5) is 0 Å². The fourth-order valence-corrected chi connectivity index (χ4v) is 4.72. The second-order valence-electron chi connectivity index (χ2n) is 11.9. The van der Waals surface area contributed by atoms with Crippen LogP contribution in [0.5, 0.6) is 0 Å². The minimum atomic E-state index is -1.06. The Morgan fingerprint density at radius 3 is 1.55 bits per heavy atom. The summed E-state index contributed by atoms with van der Waals surface area (Å²) in [6, 6.07) is 9.75. The molecule has 1 atom stereocenters. The predicted octanol–water partition coefficient (Wildman–Crippen LogP) is 7.84. The summed E-state index contributed by atoms with van der Waals surface area (Å²) in [6.07, 6.45) is 19.9. The van der Waals surface area contributed by atoms with Crippen LogP contribution in [0, 0.1) is 5.41 Å². The van der Waals surface area contributed by atoms with Crippen molar-refractivity contribution in [2.45, 2.75) is 149 Å². The lowest BCUT2D eigenvalue weighted by atomic mass is 9.73. The summed E-state index contributed by atoms with van der Waals surface area (Å²) in [7, 11) is 0. The molecule has 6 heteroatoms. The molecule has 0 spiro atoms. The van der Waals surface area contributed by atoms with Gasteiger partial charge in [-0.2, -0.15) is 0 Å². The first-order valence-corrected chi connectivity index (χ1v) is 15.8. The monoisotopic (exact) mass is 560 g/mol. The molecule has 0 aromatic heterocycles. The van der Waals surface area contributed by atoms with Gasteiger partial charge in [0.15, 0.2) is 0 Å². The van der Waals surface area contributed by atoms with Gasteiger partial charge in [0.2, 0.25) is 5.91 Å². The largest absolute Gasteiger partial charge is 0.464 e. The topological polar surface area (TPSA) is 112 Å². The number of ketones is 1. The van der Waals surface area contributed by atoms with Crippen LogP contribution in [0.3, 0.4) is 0 Å². The predicted molar refractivity (Wildman–Crippen MR) is 167 cm³/mol. The van der Waals surface area contributed by atoms with Gasteiger partial charge in [0, 0.05) is 0 Å². The van der Waals surface area contributed by atoms with Gasteiger partial charge in [-0.15, -0.1) is 0 Å². The number of rotatable bonds is 22. The molecular weight excluding hydrogens is 500 g/mol. The summed E-state index contributed by atoms with van der Waals surface area (Å²) in [4.78, 5) is 35.5. The van der Waals surface area contributed by atoms with E-state index in [4.69, 9.17) is 16.2 Å². The number of ether oxygens (including phenoxy) is 1. The molecule has 0 saturated heterocycles. The van der Waals surface area contributed by atoms with Crippen molar-refractivity contribution < 1.29 is 19.1 Å². The van der Waals surface area contributed by atoms with Crippen molar-refractivity contribution in [3.05, 3.63) is 35.9 Å². The summed E-state index contributed by atoms with van der Waals surface area (Å²) in [6.45, 7) is 9.44. The summed E-state index contributed by atoms with van der Waals surface area (Å²) < 4.78 is 4.79. The molecular formula is C34H60N2O4. The highest BCUT2D eigenvalue weighted by Crippen LogP contribution is 2.31. The van der Waals surface area contributed by atoms with E-state index in [9.17, 15) is 14.4 Å². The zero-order valence-corrected chi connectivity index (χ0v) is 26.4. The minimum Gasteiger partial charge on any atom is -0.464 e. The first-order valence-electron chi connectivity index (χ1n) is 15.8. The lowest BCUT2D eigenvalue weighted by Crippen LogP contribution is -2.44. The summed E-state index contributed by atoms with van der Waals surface area (Å²) in [5.74, 6) is -0.920. The third kappa shape index (κ3) is 17.5. The van der Waals surface area contributed by atoms with Gasteiger partial charge < -0.3 is 16.2 Å². The number of nitrogens with two attached hydrogens (primary N) is 2. The van der Waals surface area contributed by atoms with Crippen LogP contribution < -0.4 is 11.5 Å². The highest BCUT2D eigenvalue weighted by atomic mass is 16.5. The molecule has 1 aromatic carbocycles. The molecule has 0 aliphatic rings. The maximum atomic E-state index is 12.4. The van der Waals surface area contributed by atoms with Gasteiger partial charge in [0.05, 0.1) is 6.61 Å². The van der Waals surface area contributed by atoms with E-state index in [0.717, 1.165) is 24.8 Å². The van der Waals surface area contributed by atoms with Crippen LogP contribution in [-0.2, 0) is 25.5 Å². The third-order valence-electron chi connectivity index (χ3n) is 7.41. The van der Waals surface area contributed by atoms with Gasteiger partial charge in [-0.1, -0.05) is 134 Å². The van der Waals surface area contributed by atoms with Crippen LogP contribution in [0.2, 0.25) is 0 Å². The van der Waals surface area contributed by atoms with Gasteiger partial charge in [-0.25, -0.2) is 0 Å². The molecule has 0 bridgehead atoms. The van der Waals surface area contributed by atoms with Crippen molar-refractivity contribution in [3.63, 3.8) is 0 Å². The van der Waals surface area contributed by atoms with Gasteiger partial charge in [-0.05, 0) is 45.6 Å². The van der Waals surface area contributed by atoms with Crippen LogP contribution >= 0.6 is 0 Å². The number of carbonyl (C=O) groups excluding carboxylic acids is 3. The van der Waals surface area contributed by atoms with Crippen molar-refractivity contribution >= 4 is 17.7 Å². The van der Waals surface area contributed by atoms with Crippen molar-refractivity contribution in [2.24, 2.45) is 16.9 Å². The van der Waals surface area contributed by atoms with Crippen molar-refractivity contribution in [2.75, 3.05) is 6.61 Å². The van der Waals surface area contributed by atoms with E-state index in [1.165, 1.54) is 84.0 Å². The van der Waals surface area contributed by atoms with Crippen molar-refractivity contribution in [1.82, 2.24) is 0 Å². The third-order valence-corrected chi connectivity index (χ3v) is 7.41. The summed E-state index contributed by atoms with van der Waals surface area (Å²) >= 11 is 0. The van der Waals surface area contributed by atoms with Crippen LogP contribution in [0.25, 0.3) is 0 Å². The van der Waals surface area contributed by atoms with Crippen molar-refractivity contribution in [3.8, 4) is 0 Å². The molecule has 1 aromatic rings. The molecule has 0 heterocycles. The first kappa shape index (κ1) is 37.8. The molecule has 230 valence electrons. The molecule has 40 heavy (non-hydrogen) atoms. The average Bonchev–Trinajstić information content (AvgIpc) is 2.91. The molecule has 0 aliphatic heterocycles. The smallest absolute Gasteiger partial charge is 0.325 e. The number of amides is 1. The second-order valence-corrected chi connectivity index (χ2v) is 11.9. The Morgan fingerprint density at radius 2 is 1.18 bits per heavy atom. The van der Waals surface area contributed by atoms with Crippen LogP contribution in [0.1, 0.15) is 143 Å². The van der Waals surface area contributed by atoms with E-state index in [1.54, 1.807) is 13.8 Å². The molecule has 1 unspecified atom stereocenters. The molecule has 4 N–H and O–H groups in total. The highest BCUT2D eigenvalue weighted by molar-refractivity contribution is 6.04. The van der Waals surface area contributed by atoms with Gasteiger partial charge in [0.1, 0.15) is 16.7 Å². The highest BCUT2D eigenvalue weighted by Gasteiger charge is 2.41. The Labute approximate surface area is 245 Å². The number of benzene rings is 1. The summed E-state index contributed by atoms with van der Waals surface area (Å²) in [5, 5.41) is 0. The summed E-state index contributed by atoms with van der Waals surface area (Å²) in [5.41, 5.74) is 10.2. The SMILES string of the molecule is CCCCCCCCCCCCCCCCC(Cc1ccccc1)(C(C)=O)C(N)=O.CCCOC(=O)C(C)(C)N. The van der Waals surface area contributed by atoms with E-state index in [1.807, 2.05) is 37.3 Å². The maximum Gasteiger partial charge on any atom is 0.325 e. The Bertz CT molecular complexity index is 788. The Balaban J connectivity index is 0.00000129. The number of unbranched alkanes of at least 4 members (excludes halogenated alkanes) is 13. The Kier molecular flexibility index (Phi) is 21.2. The lowest BCUT2D eigenvalue weighted by molar-refractivity contribution is -0.148. The van der Waals surface area contributed by atoms with Gasteiger partial charge in [0.25, 0.3) is 0 Å². The fourth-order valence-electron chi connectivity index (χ4n) is 4.72. The molecule has 1 amide bonds. The minimum absolute atomic E-state index is 0.103. The van der Waals surface area contributed by atoms with Crippen LogP contribution in [-0.4, -0.2) is 29.8 Å². The molecule has 6 nitrogen and oxygen atoms in total. The molecule has 0 aliphatic carbocycles. The molecule has 1 rings (SSSR count). The van der Waals surface area contributed by atoms with Gasteiger partial charge in [-0.3, -0.25) is 14.4 Å². The van der Waals surface area contributed by atoms with Gasteiger partial charge >= 0.3 is 5.97 Å². The number of hydrogen-bond donors (Lipinski definition) is 2. The quantitative estimate of drug-likeness (QED) is 0.0852.